The van der Waals surface area contributed by atoms with Gasteiger partial charge in [0.2, 0.25) is 0 Å². The van der Waals surface area contributed by atoms with Crippen LogP contribution in [0.3, 0.4) is 0 Å². The highest BCUT2D eigenvalue weighted by molar-refractivity contribution is 5.98. The summed E-state index contributed by atoms with van der Waals surface area (Å²) in [7, 11) is 0. The molecule has 8 rings (SSSR count). The van der Waals surface area contributed by atoms with E-state index in [0.717, 1.165) is 62.7 Å². The van der Waals surface area contributed by atoms with Crippen LogP contribution >= 0.6 is 0 Å². The highest BCUT2D eigenvalue weighted by Crippen LogP contribution is 2.46. The van der Waals surface area contributed by atoms with Gasteiger partial charge in [-0.25, -0.2) is 9.97 Å². The van der Waals surface area contributed by atoms with Crippen molar-refractivity contribution in [2.75, 3.05) is 57.4 Å². The third kappa shape index (κ3) is 4.90. The van der Waals surface area contributed by atoms with E-state index in [-0.39, 0.29) is 5.41 Å². The maximum absolute atomic E-state index is 6.44. The van der Waals surface area contributed by atoms with Crippen LogP contribution in [0, 0.1) is 12.3 Å². The summed E-state index contributed by atoms with van der Waals surface area (Å²) < 4.78 is 12.0. The molecule has 4 fully saturated rings. The average Bonchev–Trinajstić information content (AvgIpc) is 3.69. The Bertz CT molecular complexity index is 1580. The Labute approximate surface area is 240 Å². The fourth-order valence-electron chi connectivity index (χ4n) is 6.98. The minimum absolute atomic E-state index is 0.182. The maximum atomic E-state index is 6.44. The van der Waals surface area contributed by atoms with Crippen LogP contribution in [0.4, 0.5) is 5.82 Å². The minimum atomic E-state index is 0.182. The molecule has 2 aromatic carbocycles. The molecule has 3 saturated heterocycles. The van der Waals surface area contributed by atoms with Crippen molar-refractivity contribution >= 4 is 27.6 Å². The molecule has 2 bridgehead atoms. The molecule has 4 aliphatic rings. The molecular weight excluding hydrogens is 514 g/mol. The van der Waals surface area contributed by atoms with Gasteiger partial charge in [-0.3, -0.25) is 4.90 Å². The Kier molecular flexibility index (Phi) is 6.27. The lowest BCUT2D eigenvalue weighted by Gasteiger charge is -2.34. The Morgan fingerprint density at radius 2 is 1.78 bits per heavy atom. The van der Waals surface area contributed by atoms with Gasteiger partial charge in [0.05, 0.1) is 25.2 Å². The van der Waals surface area contributed by atoms with Crippen molar-refractivity contribution in [1.29, 1.82) is 0 Å². The number of aryl methyl sites for hydroxylation is 1. The summed E-state index contributed by atoms with van der Waals surface area (Å²) in [5, 5.41) is 6.98. The minimum Gasteiger partial charge on any atom is -0.463 e. The normalized spacial score (nSPS) is 23.8. The van der Waals surface area contributed by atoms with Gasteiger partial charge in [0.1, 0.15) is 5.82 Å². The molecular formula is C32H37N7O2. The standard InChI is InChI=1S/C32H37N7O2/c1-21-4-2-5-22-6-3-7-25(27(21)22)28-33-16-26-29(35-28)36-31(37-30(26)39-17-23-8-9-24(18-39)34-23)41-20-32(10-11-32)19-38-12-14-40-15-13-38/h2-7,16,23-24,34H,8-15,17-20H2,1H3. The smallest absolute Gasteiger partial charge is 0.320 e. The lowest BCUT2D eigenvalue weighted by Crippen LogP contribution is -2.51. The van der Waals surface area contributed by atoms with Gasteiger partial charge in [-0.15, -0.1) is 0 Å². The van der Waals surface area contributed by atoms with E-state index >= 15 is 0 Å². The Morgan fingerprint density at radius 3 is 2.56 bits per heavy atom. The largest absolute Gasteiger partial charge is 0.463 e. The number of aromatic nitrogens is 4. The zero-order valence-corrected chi connectivity index (χ0v) is 23.7. The number of anilines is 1. The molecule has 1 saturated carbocycles. The lowest BCUT2D eigenvalue weighted by molar-refractivity contribution is 0.0231. The first-order chi connectivity index (χ1) is 20.1. The van der Waals surface area contributed by atoms with Crippen molar-refractivity contribution < 1.29 is 9.47 Å². The topological polar surface area (TPSA) is 88.5 Å². The molecule has 1 aliphatic carbocycles. The molecule has 41 heavy (non-hydrogen) atoms. The zero-order chi connectivity index (χ0) is 27.4. The van der Waals surface area contributed by atoms with Gasteiger partial charge in [-0.1, -0.05) is 36.4 Å². The van der Waals surface area contributed by atoms with Crippen molar-refractivity contribution in [2.24, 2.45) is 5.41 Å². The highest BCUT2D eigenvalue weighted by Gasteiger charge is 2.45. The van der Waals surface area contributed by atoms with E-state index in [1.165, 1.54) is 42.0 Å². The first-order valence-corrected chi connectivity index (χ1v) is 15.1. The zero-order valence-electron chi connectivity index (χ0n) is 23.7. The summed E-state index contributed by atoms with van der Waals surface area (Å²) in [5.74, 6) is 1.57. The van der Waals surface area contributed by atoms with Crippen LogP contribution in [0.5, 0.6) is 6.01 Å². The summed E-state index contributed by atoms with van der Waals surface area (Å²) in [6.45, 7) is 9.29. The number of piperazine rings is 1. The molecule has 0 amide bonds. The van der Waals surface area contributed by atoms with E-state index < -0.39 is 0 Å². The predicted octanol–water partition coefficient (Wildman–Crippen LogP) is 3.98. The second-order valence-electron chi connectivity index (χ2n) is 12.5. The summed E-state index contributed by atoms with van der Waals surface area (Å²) in [6, 6.07) is 14.1. The number of nitrogens with one attached hydrogen (secondary N) is 1. The number of nitrogens with zero attached hydrogens (tertiary/aromatic N) is 6. The van der Waals surface area contributed by atoms with E-state index in [4.69, 9.17) is 29.4 Å². The first-order valence-electron chi connectivity index (χ1n) is 15.1. The summed E-state index contributed by atoms with van der Waals surface area (Å²) in [5.41, 5.74) is 3.05. The van der Waals surface area contributed by atoms with Crippen molar-refractivity contribution in [3.63, 3.8) is 0 Å². The fourth-order valence-corrected chi connectivity index (χ4v) is 6.98. The Morgan fingerprint density at radius 1 is 1.00 bits per heavy atom. The summed E-state index contributed by atoms with van der Waals surface area (Å²) >= 11 is 0. The second-order valence-corrected chi connectivity index (χ2v) is 12.5. The maximum Gasteiger partial charge on any atom is 0.320 e. The molecule has 2 atom stereocenters. The van der Waals surface area contributed by atoms with Gasteiger partial charge < -0.3 is 19.7 Å². The molecule has 212 valence electrons. The molecule has 1 N–H and O–H groups in total. The van der Waals surface area contributed by atoms with Gasteiger partial charge in [0.15, 0.2) is 11.5 Å². The number of rotatable bonds is 7. The molecule has 0 radical (unpaired) electrons. The third-order valence-corrected chi connectivity index (χ3v) is 9.41. The van der Waals surface area contributed by atoms with E-state index in [1.807, 2.05) is 6.20 Å². The molecule has 9 nitrogen and oxygen atoms in total. The number of ether oxygens (including phenoxy) is 2. The van der Waals surface area contributed by atoms with Gasteiger partial charge in [0.25, 0.3) is 0 Å². The predicted molar refractivity (Wildman–Crippen MR) is 159 cm³/mol. The molecule has 2 aromatic heterocycles. The number of hydrogen-bond acceptors (Lipinski definition) is 9. The molecule has 3 aliphatic heterocycles. The molecule has 4 aromatic rings. The van der Waals surface area contributed by atoms with Crippen LogP contribution in [-0.4, -0.2) is 89.5 Å². The Balaban J connectivity index is 1.16. The lowest BCUT2D eigenvalue weighted by atomic mass is 9.99. The van der Waals surface area contributed by atoms with Gasteiger partial charge >= 0.3 is 6.01 Å². The van der Waals surface area contributed by atoms with Crippen LogP contribution in [0.15, 0.2) is 42.6 Å². The van der Waals surface area contributed by atoms with Crippen LogP contribution in [0.1, 0.15) is 31.2 Å². The van der Waals surface area contributed by atoms with E-state index in [0.29, 0.717) is 36.2 Å². The molecule has 0 spiro atoms. The number of fused-ring (bicyclic) bond motifs is 4. The molecule has 9 heteroatoms. The van der Waals surface area contributed by atoms with E-state index in [9.17, 15) is 0 Å². The first kappa shape index (κ1) is 25.3. The van der Waals surface area contributed by atoms with Crippen LogP contribution in [0.25, 0.3) is 33.2 Å². The Hall–Kier alpha value is -3.40. The number of benzene rings is 2. The number of hydrogen-bond donors (Lipinski definition) is 1. The summed E-state index contributed by atoms with van der Waals surface area (Å²) in [4.78, 5) is 24.7. The monoisotopic (exact) mass is 551 g/mol. The third-order valence-electron chi connectivity index (χ3n) is 9.41. The van der Waals surface area contributed by atoms with E-state index in [2.05, 4.69) is 58.4 Å². The van der Waals surface area contributed by atoms with Crippen molar-refractivity contribution in [3.05, 3.63) is 48.2 Å². The number of morpholine rings is 1. The highest BCUT2D eigenvalue weighted by atomic mass is 16.5. The van der Waals surface area contributed by atoms with E-state index in [1.54, 1.807) is 0 Å². The summed E-state index contributed by atoms with van der Waals surface area (Å²) in [6.07, 6.45) is 6.69. The fraction of sp³-hybridized carbons (Fsp3) is 0.500. The van der Waals surface area contributed by atoms with Crippen LogP contribution in [0.2, 0.25) is 0 Å². The van der Waals surface area contributed by atoms with Gasteiger partial charge in [-0.05, 0) is 48.9 Å². The van der Waals surface area contributed by atoms with Gasteiger partial charge in [0, 0.05) is 62.0 Å². The quantitative estimate of drug-likeness (QED) is 0.366. The van der Waals surface area contributed by atoms with Crippen LogP contribution < -0.4 is 15.0 Å². The average molecular weight is 552 g/mol. The van der Waals surface area contributed by atoms with Gasteiger partial charge in [-0.2, -0.15) is 9.97 Å². The SMILES string of the molecule is Cc1cccc2cccc(-c3ncc4c(N5CC6CCC(C5)N6)nc(OCC5(CN6CCOCC6)CC5)nc4n3)c12. The second kappa shape index (κ2) is 10.2. The van der Waals surface area contributed by atoms with Crippen molar-refractivity contribution in [2.45, 2.75) is 44.7 Å². The van der Waals surface area contributed by atoms with Crippen molar-refractivity contribution in [1.82, 2.24) is 30.2 Å². The molecule has 2 unspecified atom stereocenters. The van der Waals surface area contributed by atoms with Crippen molar-refractivity contribution in [3.8, 4) is 17.4 Å². The molecule has 5 heterocycles. The van der Waals surface area contributed by atoms with Crippen LogP contribution in [-0.2, 0) is 4.74 Å².